The third kappa shape index (κ3) is 4.68. The molecule has 3 nitrogen and oxygen atoms in total. The highest BCUT2D eigenvalue weighted by Gasteiger charge is 2.12. The van der Waals surface area contributed by atoms with Gasteiger partial charge in [0.05, 0.1) is 17.2 Å². The number of benzene rings is 2. The first-order valence-corrected chi connectivity index (χ1v) is 7.15. The summed E-state index contributed by atoms with van der Waals surface area (Å²) in [5, 5.41) is 0. The first kappa shape index (κ1) is 15.2. The molecule has 0 bridgehead atoms. The van der Waals surface area contributed by atoms with Crippen LogP contribution in [0.4, 0.5) is 0 Å². The molecule has 0 saturated heterocycles. The molecular weight excluding hydrogens is 282 g/mol. The fourth-order valence-electron chi connectivity index (χ4n) is 2.05. The minimum Gasteiger partial charge on any atom is -0.462 e. The molecule has 0 spiro atoms. The van der Waals surface area contributed by atoms with E-state index in [4.69, 9.17) is 22.7 Å². The van der Waals surface area contributed by atoms with E-state index >= 15 is 0 Å². The Balaban J connectivity index is 1.96. The van der Waals surface area contributed by atoms with Crippen molar-refractivity contribution in [3.8, 4) is 0 Å². The lowest BCUT2D eigenvalue weighted by Crippen LogP contribution is -2.16. The molecule has 0 aliphatic heterocycles. The van der Waals surface area contributed by atoms with E-state index in [2.05, 4.69) is 0 Å². The zero-order chi connectivity index (χ0) is 15.1. The molecule has 0 aliphatic carbocycles. The predicted octanol–water partition coefficient (Wildman–Crippen LogP) is 2.91. The molecule has 0 amide bonds. The largest absolute Gasteiger partial charge is 0.462 e. The number of thiocarbonyl (C=S) groups is 1. The first-order chi connectivity index (χ1) is 10.2. The van der Waals surface area contributed by atoms with Gasteiger partial charge in [-0.3, -0.25) is 0 Å². The maximum absolute atomic E-state index is 12.1. The lowest BCUT2D eigenvalue weighted by molar-refractivity contribution is 0.0508. The molecule has 2 aromatic rings. The van der Waals surface area contributed by atoms with Crippen molar-refractivity contribution >= 4 is 23.2 Å². The summed E-state index contributed by atoms with van der Waals surface area (Å²) in [6.45, 7) is 0.351. The Morgan fingerprint density at radius 1 is 1.05 bits per heavy atom. The van der Waals surface area contributed by atoms with Crippen molar-refractivity contribution < 1.29 is 9.53 Å². The number of carbonyl (C=O) groups excluding carboxylic acids is 1. The van der Waals surface area contributed by atoms with Gasteiger partial charge >= 0.3 is 5.97 Å². The van der Waals surface area contributed by atoms with Gasteiger partial charge in [-0.15, -0.1) is 0 Å². The Morgan fingerprint density at radius 3 is 2.43 bits per heavy atom. The molecule has 0 aromatic heterocycles. The van der Waals surface area contributed by atoms with Crippen LogP contribution >= 0.6 is 12.2 Å². The molecule has 2 N–H and O–H groups in total. The van der Waals surface area contributed by atoms with Crippen LogP contribution in [0, 0.1) is 0 Å². The molecule has 0 atom stereocenters. The van der Waals surface area contributed by atoms with Crippen molar-refractivity contribution in [1.29, 1.82) is 0 Å². The van der Waals surface area contributed by atoms with E-state index in [1.807, 2.05) is 42.5 Å². The van der Waals surface area contributed by atoms with E-state index in [9.17, 15) is 4.79 Å². The van der Waals surface area contributed by atoms with Gasteiger partial charge in [0, 0.05) is 12.8 Å². The van der Waals surface area contributed by atoms with Crippen LogP contribution in [-0.2, 0) is 17.6 Å². The molecule has 2 rings (SSSR count). The van der Waals surface area contributed by atoms with E-state index in [0.717, 1.165) is 11.1 Å². The highest BCUT2D eigenvalue weighted by molar-refractivity contribution is 7.80. The lowest BCUT2D eigenvalue weighted by atomic mass is 10.0. The minimum absolute atomic E-state index is 0.335. The number of esters is 1. The smallest absolute Gasteiger partial charge is 0.338 e. The monoisotopic (exact) mass is 299 g/mol. The highest BCUT2D eigenvalue weighted by atomic mass is 32.1. The van der Waals surface area contributed by atoms with Crippen LogP contribution in [0.5, 0.6) is 0 Å². The van der Waals surface area contributed by atoms with Gasteiger partial charge in [0.15, 0.2) is 0 Å². The van der Waals surface area contributed by atoms with E-state index in [1.165, 1.54) is 0 Å². The third-order valence-corrected chi connectivity index (χ3v) is 3.21. The number of hydrogen-bond donors (Lipinski definition) is 1. The molecule has 108 valence electrons. The van der Waals surface area contributed by atoms with Gasteiger partial charge in [-0.2, -0.15) is 0 Å². The van der Waals surface area contributed by atoms with Crippen LogP contribution in [0.15, 0.2) is 54.6 Å². The quantitative estimate of drug-likeness (QED) is 0.658. The van der Waals surface area contributed by atoms with Crippen molar-refractivity contribution in [1.82, 2.24) is 0 Å². The Bertz CT molecular complexity index is 626. The van der Waals surface area contributed by atoms with Crippen LogP contribution in [0.2, 0.25) is 0 Å². The summed E-state index contributed by atoms with van der Waals surface area (Å²) in [4.78, 5) is 12.5. The summed E-state index contributed by atoms with van der Waals surface area (Å²) in [7, 11) is 0. The Kier molecular flexibility index (Phi) is 5.46. The van der Waals surface area contributed by atoms with Gasteiger partial charge in [-0.1, -0.05) is 60.7 Å². The number of rotatable bonds is 6. The number of carbonyl (C=O) groups is 1. The van der Waals surface area contributed by atoms with Crippen molar-refractivity contribution in [3.63, 3.8) is 0 Å². The van der Waals surface area contributed by atoms with Gasteiger partial charge in [-0.05, 0) is 17.2 Å². The predicted molar refractivity (Wildman–Crippen MR) is 87.4 cm³/mol. The zero-order valence-corrected chi connectivity index (χ0v) is 12.4. The molecule has 0 saturated carbocycles. The zero-order valence-electron chi connectivity index (χ0n) is 11.6. The number of nitrogens with two attached hydrogens (primary N) is 1. The molecule has 2 aromatic carbocycles. The molecule has 0 fully saturated rings. The van der Waals surface area contributed by atoms with Gasteiger partial charge in [0.1, 0.15) is 0 Å². The average molecular weight is 299 g/mol. The van der Waals surface area contributed by atoms with Gasteiger partial charge in [-0.25, -0.2) is 4.79 Å². The fourth-order valence-corrected chi connectivity index (χ4v) is 2.20. The van der Waals surface area contributed by atoms with E-state index in [0.29, 0.717) is 30.0 Å². The molecule has 0 radical (unpaired) electrons. The lowest BCUT2D eigenvalue weighted by Gasteiger charge is -2.09. The Hall–Kier alpha value is -2.20. The standard InChI is InChI=1S/C17H17NO2S/c18-16(21)12-14-8-4-5-9-15(14)17(19)20-11-10-13-6-2-1-3-7-13/h1-9H,10-12H2,(H2,18,21). The topological polar surface area (TPSA) is 52.3 Å². The van der Waals surface area contributed by atoms with Gasteiger partial charge in [0.25, 0.3) is 0 Å². The summed E-state index contributed by atoms with van der Waals surface area (Å²) in [5.74, 6) is -0.335. The summed E-state index contributed by atoms with van der Waals surface area (Å²) in [6, 6.07) is 17.1. The number of ether oxygens (including phenoxy) is 1. The second-order valence-electron chi connectivity index (χ2n) is 4.67. The molecule has 21 heavy (non-hydrogen) atoms. The molecule has 0 unspecified atom stereocenters. The van der Waals surface area contributed by atoms with E-state index in [1.54, 1.807) is 12.1 Å². The highest BCUT2D eigenvalue weighted by Crippen LogP contribution is 2.12. The molecule has 0 heterocycles. The first-order valence-electron chi connectivity index (χ1n) is 6.74. The number of hydrogen-bond acceptors (Lipinski definition) is 3. The maximum Gasteiger partial charge on any atom is 0.338 e. The Labute approximate surface area is 129 Å². The second kappa shape index (κ2) is 7.55. The van der Waals surface area contributed by atoms with Crippen molar-refractivity contribution in [2.75, 3.05) is 6.61 Å². The van der Waals surface area contributed by atoms with Crippen LogP contribution in [0.25, 0.3) is 0 Å². The maximum atomic E-state index is 12.1. The summed E-state index contributed by atoms with van der Waals surface area (Å²) in [6.07, 6.45) is 1.10. The normalized spacial score (nSPS) is 10.1. The molecular formula is C17H17NO2S. The van der Waals surface area contributed by atoms with Crippen LogP contribution in [0.3, 0.4) is 0 Å². The van der Waals surface area contributed by atoms with Crippen LogP contribution in [0.1, 0.15) is 21.5 Å². The van der Waals surface area contributed by atoms with Crippen molar-refractivity contribution in [2.24, 2.45) is 5.73 Å². The summed E-state index contributed by atoms with van der Waals surface area (Å²) >= 11 is 4.90. The molecule has 0 aliphatic rings. The van der Waals surface area contributed by atoms with E-state index in [-0.39, 0.29) is 5.97 Å². The van der Waals surface area contributed by atoms with Gasteiger partial charge < -0.3 is 10.5 Å². The van der Waals surface area contributed by atoms with Crippen LogP contribution in [-0.4, -0.2) is 17.6 Å². The van der Waals surface area contributed by atoms with E-state index < -0.39 is 0 Å². The summed E-state index contributed by atoms with van der Waals surface area (Å²) < 4.78 is 5.33. The Morgan fingerprint density at radius 2 is 1.71 bits per heavy atom. The van der Waals surface area contributed by atoms with Crippen LogP contribution < -0.4 is 5.73 Å². The SMILES string of the molecule is NC(=S)Cc1ccccc1C(=O)OCCc1ccccc1. The summed E-state index contributed by atoms with van der Waals surface area (Å²) in [5.41, 5.74) is 8.02. The van der Waals surface area contributed by atoms with Gasteiger partial charge in [0.2, 0.25) is 0 Å². The minimum atomic E-state index is -0.335. The molecule has 4 heteroatoms. The van der Waals surface area contributed by atoms with Crippen molar-refractivity contribution in [2.45, 2.75) is 12.8 Å². The van der Waals surface area contributed by atoms with Crippen molar-refractivity contribution in [3.05, 3.63) is 71.3 Å². The second-order valence-corrected chi connectivity index (χ2v) is 5.20. The fraction of sp³-hybridized carbons (Fsp3) is 0.176. The third-order valence-electron chi connectivity index (χ3n) is 3.07. The average Bonchev–Trinajstić information content (AvgIpc) is 2.48.